The molecule has 1 aromatic heterocycles. The Morgan fingerprint density at radius 2 is 2.11 bits per heavy atom. The summed E-state index contributed by atoms with van der Waals surface area (Å²) in [5, 5.41) is 9.36. The van der Waals surface area contributed by atoms with E-state index in [4.69, 9.17) is 5.11 Å². The average Bonchev–Trinajstić information content (AvgIpc) is 2.35. The van der Waals surface area contributed by atoms with Crippen LogP contribution in [0.5, 0.6) is 0 Å². The molecule has 1 heterocycles. The number of para-hydroxylation sites is 1. The first-order valence-electron chi connectivity index (χ1n) is 5.92. The highest BCUT2D eigenvalue weighted by atomic mass is 19.1. The summed E-state index contributed by atoms with van der Waals surface area (Å²) in [6.07, 6.45) is 0.0389. The number of benzene rings is 1. The molecule has 100 valence electrons. The van der Waals surface area contributed by atoms with Gasteiger partial charge in [-0.25, -0.2) is 4.39 Å². The lowest BCUT2D eigenvalue weighted by Gasteiger charge is -2.13. The lowest BCUT2D eigenvalue weighted by atomic mass is 10.0. The Morgan fingerprint density at radius 3 is 2.74 bits per heavy atom. The number of hydrogen-bond acceptors (Lipinski definition) is 2. The van der Waals surface area contributed by atoms with Crippen molar-refractivity contribution in [1.29, 1.82) is 0 Å². The van der Waals surface area contributed by atoms with Crippen LogP contribution < -0.4 is 5.56 Å². The highest BCUT2D eigenvalue weighted by Gasteiger charge is 2.15. The summed E-state index contributed by atoms with van der Waals surface area (Å²) in [4.78, 5) is 22.8. The van der Waals surface area contributed by atoms with Gasteiger partial charge in [0.15, 0.2) is 0 Å². The van der Waals surface area contributed by atoms with Crippen LogP contribution in [-0.4, -0.2) is 15.6 Å². The minimum absolute atomic E-state index is 0.114. The average molecular weight is 263 g/mol. The molecular weight excluding hydrogens is 249 g/mol. The molecule has 0 aliphatic rings. The van der Waals surface area contributed by atoms with Crippen LogP contribution in [0, 0.1) is 12.7 Å². The number of nitrogens with zero attached hydrogens (tertiary/aromatic N) is 1. The Balaban J connectivity index is 2.74. The van der Waals surface area contributed by atoms with Gasteiger partial charge >= 0.3 is 5.97 Å². The minimum Gasteiger partial charge on any atom is -0.481 e. The summed E-state index contributed by atoms with van der Waals surface area (Å²) in [7, 11) is 1.50. The van der Waals surface area contributed by atoms with E-state index in [2.05, 4.69) is 0 Å². The molecule has 1 aromatic carbocycles. The van der Waals surface area contributed by atoms with E-state index in [1.54, 1.807) is 19.1 Å². The Bertz CT molecular complexity index is 719. The van der Waals surface area contributed by atoms with Crippen molar-refractivity contribution < 1.29 is 14.3 Å². The molecule has 0 saturated carbocycles. The van der Waals surface area contributed by atoms with E-state index in [1.807, 2.05) is 0 Å². The predicted molar refractivity (Wildman–Crippen MR) is 69.8 cm³/mol. The zero-order valence-electron chi connectivity index (χ0n) is 10.7. The first-order valence-corrected chi connectivity index (χ1v) is 5.92. The molecule has 0 radical (unpaired) electrons. The van der Waals surface area contributed by atoms with Gasteiger partial charge in [-0.1, -0.05) is 12.1 Å². The van der Waals surface area contributed by atoms with Gasteiger partial charge in [-0.15, -0.1) is 0 Å². The van der Waals surface area contributed by atoms with Crippen molar-refractivity contribution in [3.63, 3.8) is 0 Å². The van der Waals surface area contributed by atoms with Crippen molar-refractivity contribution in [1.82, 2.24) is 4.57 Å². The number of halogens is 1. The number of carboxylic acids is 1. The van der Waals surface area contributed by atoms with Gasteiger partial charge in [0.2, 0.25) is 0 Å². The van der Waals surface area contributed by atoms with Crippen LogP contribution in [-0.2, 0) is 18.3 Å². The van der Waals surface area contributed by atoms with Crippen LogP contribution >= 0.6 is 0 Å². The van der Waals surface area contributed by atoms with Gasteiger partial charge in [-0.3, -0.25) is 9.59 Å². The van der Waals surface area contributed by atoms with E-state index >= 15 is 0 Å². The number of aliphatic carboxylic acids is 1. The number of fused-ring (bicyclic) bond motifs is 1. The van der Waals surface area contributed by atoms with E-state index in [0.29, 0.717) is 16.5 Å². The fraction of sp³-hybridized carbons (Fsp3) is 0.286. The van der Waals surface area contributed by atoms with Crippen molar-refractivity contribution in [2.45, 2.75) is 19.8 Å². The summed E-state index contributed by atoms with van der Waals surface area (Å²) < 4.78 is 15.0. The zero-order chi connectivity index (χ0) is 14.2. The second-order valence-electron chi connectivity index (χ2n) is 4.50. The molecule has 0 spiro atoms. The minimum atomic E-state index is -0.958. The summed E-state index contributed by atoms with van der Waals surface area (Å²) in [5.74, 6) is -1.41. The lowest BCUT2D eigenvalue weighted by molar-refractivity contribution is -0.136. The molecule has 0 atom stereocenters. The first-order chi connectivity index (χ1) is 8.93. The van der Waals surface area contributed by atoms with Crippen LogP contribution in [0.4, 0.5) is 4.39 Å². The SMILES string of the molecule is Cc1c(CCC(=O)O)c(=O)n(C)c2c(F)cccc12. The third-order valence-corrected chi connectivity index (χ3v) is 3.33. The number of aromatic nitrogens is 1. The zero-order valence-corrected chi connectivity index (χ0v) is 10.7. The van der Waals surface area contributed by atoms with Crippen molar-refractivity contribution >= 4 is 16.9 Å². The largest absolute Gasteiger partial charge is 0.481 e. The van der Waals surface area contributed by atoms with Gasteiger partial charge in [0.05, 0.1) is 5.52 Å². The molecule has 0 amide bonds. The fourth-order valence-corrected chi connectivity index (χ4v) is 2.31. The molecule has 2 aromatic rings. The van der Waals surface area contributed by atoms with E-state index in [-0.39, 0.29) is 23.9 Å². The molecule has 0 fully saturated rings. The summed E-state index contributed by atoms with van der Waals surface area (Å²) in [6.45, 7) is 1.72. The van der Waals surface area contributed by atoms with Crippen molar-refractivity contribution in [2.75, 3.05) is 0 Å². The molecule has 0 aliphatic heterocycles. The number of pyridine rings is 1. The molecule has 0 bridgehead atoms. The summed E-state index contributed by atoms with van der Waals surface area (Å²) in [6, 6.07) is 4.62. The molecular formula is C14H14FNO3. The van der Waals surface area contributed by atoms with Crippen LogP contribution in [0.2, 0.25) is 0 Å². The van der Waals surface area contributed by atoms with Crippen LogP contribution in [0.1, 0.15) is 17.5 Å². The number of aryl methyl sites for hydroxylation is 2. The quantitative estimate of drug-likeness (QED) is 0.921. The van der Waals surface area contributed by atoms with Crippen molar-refractivity contribution in [2.24, 2.45) is 7.05 Å². The van der Waals surface area contributed by atoms with E-state index in [9.17, 15) is 14.0 Å². The van der Waals surface area contributed by atoms with Crippen molar-refractivity contribution in [3.05, 3.63) is 45.5 Å². The molecule has 1 N–H and O–H groups in total. The Labute approximate surface area is 109 Å². The molecule has 19 heavy (non-hydrogen) atoms. The Morgan fingerprint density at radius 1 is 1.42 bits per heavy atom. The molecule has 0 saturated heterocycles. The van der Waals surface area contributed by atoms with E-state index in [0.717, 1.165) is 0 Å². The third-order valence-electron chi connectivity index (χ3n) is 3.33. The normalized spacial score (nSPS) is 10.9. The smallest absolute Gasteiger partial charge is 0.303 e. The van der Waals surface area contributed by atoms with Gasteiger partial charge in [-0.05, 0) is 25.0 Å². The Hall–Kier alpha value is -2.17. The standard InChI is InChI=1S/C14H14FNO3/c1-8-9-4-3-5-11(15)13(9)16(2)14(19)10(8)6-7-12(17)18/h3-5H,6-7H2,1-2H3,(H,17,18). The lowest BCUT2D eigenvalue weighted by Crippen LogP contribution is -2.24. The third kappa shape index (κ3) is 2.23. The predicted octanol–water partition coefficient (Wildman–Crippen LogP) is 2.00. The molecule has 0 aliphatic carbocycles. The first kappa shape index (κ1) is 13.3. The number of carboxylic acid groups (broad SMARTS) is 1. The number of hydrogen-bond donors (Lipinski definition) is 1. The van der Waals surface area contributed by atoms with E-state index in [1.165, 1.54) is 17.7 Å². The Kier molecular flexibility index (Phi) is 3.38. The maximum atomic E-state index is 13.8. The number of rotatable bonds is 3. The second-order valence-corrected chi connectivity index (χ2v) is 4.50. The van der Waals surface area contributed by atoms with Crippen molar-refractivity contribution in [3.8, 4) is 0 Å². The van der Waals surface area contributed by atoms with E-state index < -0.39 is 11.8 Å². The number of carbonyl (C=O) groups is 1. The molecule has 0 unspecified atom stereocenters. The maximum absolute atomic E-state index is 13.8. The summed E-state index contributed by atoms with van der Waals surface area (Å²) >= 11 is 0. The topological polar surface area (TPSA) is 59.3 Å². The fourth-order valence-electron chi connectivity index (χ4n) is 2.31. The second kappa shape index (κ2) is 4.84. The van der Waals surface area contributed by atoms with Gasteiger partial charge in [0.1, 0.15) is 5.82 Å². The van der Waals surface area contributed by atoms with Crippen LogP contribution in [0.15, 0.2) is 23.0 Å². The van der Waals surface area contributed by atoms with Gasteiger partial charge < -0.3 is 9.67 Å². The highest BCUT2D eigenvalue weighted by molar-refractivity contribution is 5.84. The van der Waals surface area contributed by atoms with Crippen LogP contribution in [0.3, 0.4) is 0 Å². The molecule has 5 heteroatoms. The summed E-state index contributed by atoms with van der Waals surface area (Å²) in [5.41, 5.74) is 1.00. The van der Waals surface area contributed by atoms with Gasteiger partial charge in [0, 0.05) is 24.4 Å². The van der Waals surface area contributed by atoms with Gasteiger partial charge in [0.25, 0.3) is 5.56 Å². The monoisotopic (exact) mass is 263 g/mol. The van der Waals surface area contributed by atoms with Gasteiger partial charge in [-0.2, -0.15) is 0 Å². The van der Waals surface area contributed by atoms with Crippen LogP contribution in [0.25, 0.3) is 10.9 Å². The molecule has 4 nitrogen and oxygen atoms in total. The molecule has 2 rings (SSSR count). The maximum Gasteiger partial charge on any atom is 0.303 e. The highest BCUT2D eigenvalue weighted by Crippen LogP contribution is 2.22.